The first-order valence-corrected chi connectivity index (χ1v) is 7.82. The number of hydrogen-bond acceptors (Lipinski definition) is 3. The van der Waals surface area contributed by atoms with Gasteiger partial charge in [0.15, 0.2) is 0 Å². The zero-order valence-corrected chi connectivity index (χ0v) is 12.7. The van der Waals surface area contributed by atoms with Crippen molar-refractivity contribution in [3.63, 3.8) is 0 Å². The SMILES string of the molecule is CC1(C)CSCC(Nc2ccc(C#N)c(C(F)(F)F)c2)C1. The second-order valence-corrected chi connectivity index (χ2v) is 7.12. The Bertz CT molecular complexity index is 561. The topological polar surface area (TPSA) is 35.8 Å². The summed E-state index contributed by atoms with van der Waals surface area (Å²) in [7, 11) is 0. The van der Waals surface area contributed by atoms with E-state index in [0.717, 1.165) is 24.0 Å². The lowest BCUT2D eigenvalue weighted by atomic mass is 9.87. The van der Waals surface area contributed by atoms with Gasteiger partial charge in [-0.1, -0.05) is 13.8 Å². The molecule has 1 atom stereocenters. The number of nitrogens with zero attached hydrogens (tertiary/aromatic N) is 1. The van der Waals surface area contributed by atoms with Crippen LogP contribution in [0, 0.1) is 16.7 Å². The smallest absolute Gasteiger partial charge is 0.381 e. The van der Waals surface area contributed by atoms with Gasteiger partial charge in [-0.25, -0.2) is 0 Å². The first-order chi connectivity index (χ1) is 9.71. The fraction of sp³-hybridized carbons (Fsp3) is 0.533. The van der Waals surface area contributed by atoms with Crippen molar-refractivity contribution in [3.8, 4) is 6.07 Å². The fourth-order valence-corrected chi connectivity index (χ4v) is 3.83. The van der Waals surface area contributed by atoms with Crippen molar-refractivity contribution in [2.24, 2.45) is 5.41 Å². The standard InChI is InChI=1S/C15H17F3N2S/c1-14(2)6-12(8-21-9-14)20-11-4-3-10(7-19)13(5-11)15(16,17)18/h3-5,12,20H,6,8-9H2,1-2H3. The van der Waals surface area contributed by atoms with Gasteiger partial charge in [-0.05, 0) is 35.8 Å². The summed E-state index contributed by atoms with van der Waals surface area (Å²) in [5, 5.41) is 12.0. The highest BCUT2D eigenvalue weighted by atomic mass is 32.2. The third-order valence-electron chi connectivity index (χ3n) is 3.43. The lowest BCUT2D eigenvalue weighted by Gasteiger charge is -2.35. The van der Waals surface area contributed by atoms with Crippen LogP contribution in [-0.4, -0.2) is 17.5 Å². The van der Waals surface area contributed by atoms with E-state index in [1.54, 1.807) is 12.1 Å². The Kier molecular flexibility index (Phi) is 4.43. The predicted molar refractivity (Wildman–Crippen MR) is 79.3 cm³/mol. The molecule has 1 unspecified atom stereocenters. The second-order valence-electron chi connectivity index (χ2n) is 6.09. The van der Waals surface area contributed by atoms with Crippen molar-refractivity contribution in [3.05, 3.63) is 29.3 Å². The van der Waals surface area contributed by atoms with Crippen LogP contribution in [0.1, 0.15) is 31.4 Å². The first kappa shape index (κ1) is 16.0. The maximum Gasteiger partial charge on any atom is 0.417 e. The number of halogens is 3. The van der Waals surface area contributed by atoms with Crippen molar-refractivity contribution < 1.29 is 13.2 Å². The molecular weight excluding hydrogens is 297 g/mol. The lowest BCUT2D eigenvalue weighted by Crippen LogP contribution is -2.35. The van der Waals surface area contributed by atoms with Crippen LogP contribution in [0.3, 0.4) is 0 Å². The molecule has 1 heterocycles. The van der Waals surface area contributed by atoms with Crippen LogP contribution in [0.15, 0.2) is 18.2 Å². The monoisotopic (exact) mass is 314 g/mol. The van der Waals surface area contributed by atoms with Crippen LogP contribution in [0.2, 0.25) is 0 Å². The fourth-order valence-electron chi connectivity index (χ4n) is 2.56. The number of nitriles is 1. The van der Waals surface area contributed by atoms with Gasteiger partial charge in [-0.3, -0.25) is 0 Å². The van der Waals surface area contributed by atoms with Crippen LogP contribution < -0.4 is 5.32 Å². The number of alkyl halides is 3. The van der Waals surface area contributed by atoms with Gasteiger partial charge < -0.3 is 5.32 Å². The molecule has 0 saturated carbocycles. The zero-order chi connectivity index (χ0) is 15.7. The molecule has 21 heavy (non-hydrogen) atoms. The van der Waals surface area contributed by atoms with Crippen molar-refractivity contribution in [1.82, 2.24) is 0 Å². The quantitative estimate of drug-likeness (QED) is 0.872. The summed E-state index contributed by atoms with van der Waals surface area (Å²) in [6, 6.07) is 5.54. The Hall–Kier alpha value is -1.35. The molecule has 0 spiro atoms. The normalized spacial score (nSPS) is 21.6. The van der Waals surface area contributed by atoms with E-state index in [1.807, 2.05) is 11.8 Å². The number of hydrogen-bond donors (Lipinski definition) is 1. The van der Waals surface area contributed by atoms with Crippen molar-refractivity contribution in [2.75, 3.05) is 16.8 Å². The minimum atomic E-state index is -4.51. The molecule has 1 fully saturated rings. The summed E-state index contributed by atoms with van der Waals surface area (Å²) in [6.45, 7) is 4.32. The van der Waals surface area contributed by atoms with E-state index in [0.29, 0.717) is 5.69 Å². The lowest BCUT2D eigenvalue weighted by molar-refractivity contribution is -0.137. The van der Waals surface area contributed by atoms with Gasteiger partial charge in [0.25, 0.3) is 0 Å². The molecule has 1 aromatic carbocycles. The van der Waals surface area contributed by atoms with E-state index >= 15 is 0 Å². The molecule has 1 saturated heterocycles. The molecule has 0 aromatic heterocycles. The van der Waals surface area contributed by atoms with E-state index in [4.69, 9.17) is 5.26 Å². The summed E-state index contributed by atoms with van der Waals surface area (Å²) in [4.78, 5) is 0. The summed E-state index contributed by atoms with van der Waals surface area (Å²) < 4.78 is 38.8. The minimum absolute atomic E-state index is 0.146. The number of anilines is 1. The Morgan fingerprint density at radius 3 is 2.67 bits per heavy atom. The maximum absolute atomic E-state index is 12.9. The average molecular weight is 314 g/mol. The summed E-state index contributed by atoms with van der Waals surface area (Å²) in [6.07, 6.45) is -3.59. The third-order valence-corrected chi connectivity index (χ3v) is 5.05. The average Bonchev–Trinajstić information content (AvgIpc) is 2.36. The van der Waals surface area contributed by atoms with Gasteiger partial charge in [-0.2, -0.15) is 30.2 Å². The Morgan fingerprint density at radius 2 is 2.10 bits per heavy atom. The highest BCUT2D eigenvalue weighted by Crippen LogP contribution is 2.36. The van der Waals surface area contributed by atoms with E-state index in [9.17, 15) is 13.2 Å². The molecular formula is C15H17F3N2S. The van der Waals surface area contributed by atoms with Gasteiger partial charge in [0.2, 0.25) is 0 Å². The van der Waals surface area contributed by atoms with Crippen molar-refractivity contribution >= 4 is 17.4 Å². The molecule has 1 aliphatic heterocycles. The molecule has 114 valence electrons. The number of thioether (sulfide) groups is 1. The maximum atomic E-state index is 12.9. The number of benzene rings is 1. The highest BCUT2D eigenvalue weighted by molar-refractivity contribution is 7.99. The van der Waals surface area contributed by atoms with Gasteiger partial charge in [-0.15, -0.1) is 0 Å². The summed E-state index contributed by atoms with van der Waals surface area (Å²) in [5.74, 6) is 1.94. The van der Waals surface area contributed by atoms with E-state index in [-0.39, 0.29) is 17.0 Å². The molecule has 1 aliphatic rings. The molecule has 0 radical (unpaired) electrons. The van der Waals surface area contributed by atoms with Crippen LogP contribution in [0.5, 0.6) is 0 Å². The predicted octanol–water partition coefficient (Wildman–Crippen LogP) is 4.52. The first-order valence-electron chi connectivity index (χ1n) is 6.67. The molecule has 2 nitrogen and oxygen atoms in total. The van der Waals surface area contributed by atoms with Crippen molar-refractivity contribution in [2.45, 2.75) is 32.5 Å². The molecule has 1 N–H and O–H groups in total. The third kappa shape index (κ3) is 4.07. The van der Waals surface area contributed by atoms with E-state index < -0.39 is 11.7 Å². The van der Waals surface area contributed by atoms with E-state index in [1.165, 1.54) is 6.07 Å². The second kappa shape index (κ2) is 5.80. The molecule has 0 bridgehead atoms. The van der Waals surface area contributed by atoms with Gasteiger partial charge in [0.05, 0.1) is 17.2 Å². The van der Waals surface area contributed by atoms with Crippen LogP contribution in [0.25, 0.3) is 0 Å². The highest BCUT2D eigenvalue weighted by Gasteiger charge is 2.34. The molecule has 0 amide bonds. The molecule has 2 rings (SSSR count). The van der Waals surface area contributed by atoms with Gasteiger partial charge in [0, 0.05) is 17.5 Å². The Morgan fingerprint density at radius 1 is 1.38 bits per heavy atom. The molecule has 0 aliphatic carbocycles. The zero-order valence-electron chi connectivity index (χ0n) is 11.9. The number of rotatable bonds is 2. The van der Waals surface area contributed by atoms with Crippen LogP contribution in [-0.2, 0) is 6.18 Å². The Balaban J connectivity index is 2.20. The van der Waals surface area contributed by atoms with Crippen LogP contribution >= 0.6 is 11.8 Å². The largest absolute Gasteiger partial charge is 0.417 e. The number of nitrogens with one attached hydrogen (secondary N) is 1. The van der Waals surface area contributed by atoms with Gasteiger partial charge >= 0.3 is 6.18 Å². The summed E-state index contributed by atoms with van der Waals surface area (Å²) >= 11 is 1.81. The molecule has 6 heteroatoms. The van der Waals surface area contributed by atoms with Crippen molar-refractivity contribution in [1.29, 1.82) is 5.26 Å². The van der Waals surface area contributed by atoms with Crippen LogP contribution in [0.4, 0.5) is 18.9 Å². The molecule has 1 aromatic rings. The Labute approximate surface area is 126 Å². The minimum Gasteiger partial charge on any atom is -0.381 e. The van der Waals surface area contributed by atoms with Gasteiger partial charge in [0.1, 0.15) is 0 Å². The van der Waals surface area contributed by atoms with E-state index in [2.05, 4.69) is 19.2 Å². The summed E-state index contributed by atoms with van der Waals surface area (Å²) in [5.41, 5.74) is -0.617.